The maximum Gasteiger partial charge on any atom is 0.267 e. The van der Waals surface area contributed by atoms with Gasteiger partial charge in [-0.2, -0.15) is 0 Å². The normalized spacial score (nSPS) is 13.6. The number of aromatic amines is 1. The summed E-state index contributed by atoms with van der Waals surface area (Å²) in [6.45, 7) is 3.05. The number of amides is 1. The number of hydrogen-bond donors (Lipinski definition) is 2. The highest BCUT2D eigenvalue weighted by Gasteiger charge is 2.14. The van der Waals surface area contributed by atoms with Crippen LogP contribution in [0.1, 0.15) is 45.3 Å². The molecular weight excluding hydrogens is 290 g/mol. The fourth-order valence-corrected chi connectivity index (χ4v) is 2.95. The van der Waals surface area contributed by atoms with Crippen molar-refractivity contribution < 1.29 is 9.59 Å². The lowest BCUT2D eigenvalue weighted by molar-refractivity contribution is 0.0946. The maximum absolute atomic E-state index is 12.1. The van der Waals surface area contributed by atoms with Gasteiger partial charge in [-0.05, 0) is 43.0 Å². The molecule has 0 aliphatic carbocycles. The Kier molecular flexibility index (Phi) is 4.19. The summed E-state index contributed by atoms with van der Waals surface area (Å²) in [5, 5.41) is 2.89. The van der Waals surface area contributed by atoms with E-state index in [-0.39, 0.29) is 11.7 Å². The standard InChI is InChI=1S/C18H21N3O2/c1-12(22)15-9-16(19-11-15)18(23)20-10-13-5-6-17-14(8-13)4-3-7-21(17)2/h5-6,8-9,11,19H,3-4,7,10H2,1-2H3,(H,20,23). The number of benzene rings is 1. The number of H-pyrrole nitrogens is 1. The third-order valence-electron chi connectivity index (χ3n) is 4.28. The number of carbonyl (C=O) groups excluding carboxylic acids is 2. The number of Topliss-reactive ketones (excluding diaryl/α,β-unsaturated/α-hetero) is 1. The van der Waals surface area contributed by atoms with Gasteiger partial charge in [-0.15, -0.1) is 0 Å². The number of fused-ring (bicyclic) bond motifs is 1. The molecule has 120 valence electrons. The van der Waals surface area contributed by atoms with E-state index < -0.39 is 0 Å². The van der Waals surface area contributed by atoms with Crippen LogP contribution in [0.2, 0.25) is 0 Å². The molecule has 1 aromatic heterocycles. The molecule has 1 aromatic carbocycles. The van der Waals surface area contributed by atoms with E-state index in [0.29, 0.717) is 17.8 Å². The molecule has 0 atom stereocenters. The van der Waals surface area contributed by atoms with E-state index in [0.717, 1.165) is 24.9 Å². The van der Waals surface area contributed by atoms with Crippen LogP contribution < -0.4 is 10.2 Å². The number of anilines is 1. The summed E-state index contributed by atoms with van der Waals surface area (Å²) in [6.07, 6.45) is 3.81. The van der Waals surface area contributed by atoms with Gasteiger partial charge in [-0.25, -0.2) is 0 Å². The highest BCUT2D eigenvalue weighted by Crippen LogP contribution is 2.26. The molecule has 0 saturated heterocycles. The Labute approximate surface area is 135 Å². The lowest BCUT2D eigenvalue weighted by Crippen LogP contribution is -2.26. The second-order valence-electron chi connectivity index (χ2n) is 6.03. The van der Waals surface area contributed by atoms with Crippen LogP contribution in [-0.4, -0.2) is 30.3 Å². The minimum absolute atomic E-state index is 0.0564. The Balaban J connectivity index is 1.66. The van der Waals surface area contributed by atoms with Gasteiger partial charge in [0, 0.05) is 37.6 Å². The lowest BCUT2D eigenvalue weighted by atomic mass is 9.99. The van der Waals surface area contributed by atoms with Crippen molar-refractivity contribution in [3.05, 3.63) is 52.8 Å². The highest BCUT2D eigenvalue weighted by molar-refractivity contribution is 5.99. The summed E-state index contributed by atoms with van der Waals surface area (Å²) >= 11 is 0. The average molecular weight is 311 g/mol. The first-order chi connectivity index (χ1) is 11.0. The summed E-state index contributed by atoms with van der Waals surface area (Å²) in [7, 11) is 2.11. The van der Waals surface area contributed by atoms with E-state index in [4.69, 9.17) is 0 Å². The Morgan fingerprint density at radius 1 is 1.30 bits per heavy atom. The molecule has 2 heterocycles. The van der Waals surface area contributed by atoms with Crippen molar-refractivity contribution >= 4 is 17.4 Å². The van der Waals surface area contributed by atoms with Gasteiger partial charge in [0.05, 0.1) is 0 Å². The molecule has 0 fully saturated rings. The summed E-state index contributed by atoms with van der Waals surface area (Å²) in [4.78, 5) is 28.5. The number of nitrogens with one attached hydrogen (secondary N) is 2. The zero-order valence-electron chi connectivity index (χ0n) is 13.5. The van der Waals surface area contributed by atoms with Crippen molar-refractivity contribution in [1.82, 2.24) is 10.3 Å². The first-order valence-corrected chi connectivity index (χ1v) is 7.85. The first kappa shape index (κ1) is 15.3. The van der Waals surface area contributed by atoms with E-state index in [2.05, 4.69) is 40.4 Å². The molecule has 1 aliphatic heterocycles. The minimum Gasteiger partial charge on any atom is -0.374 e. The third-order valence-corrected chi connectivity index (χ3v) is 4.28. The predicted octanol–water partition coefficient (Wildman–Crippen LogP) is 2.53. The van der Waals surface area contributed by atoms with Crippen molar-refractivity contribution in [2.75, 3.05) is 18.5 Å². The number of rotatable bonds is 4. The topological polar surface area (TPSA) is 65.2 Å². The van der Waals surface area contributed by atoms with Gasteiger partial charge in [0.25, 0.3) is 5.91 Å². The largest absolute Gasteiger partial charge is 0.374 e. The SMILES string of the molecule is CC(=O)c1c[nH]c(C(=O)NCc2ccc3c(c2)CCCN3C)c1. The molecule has 0 unspecified atom stereocenters. The molecule has 0 saturated carbocycles. The Morgan fingerprint density at radius 3 is 2.87 bits per heavy atom. The van der Waals surface area contributed by atoms with Gasteiger partial charge in [0.1, 0.15) is 5.69 Å². The minimum atomic E-state index is -0.202. The Bertz CT molecular complexity index is 748. The second kappa shape index (κ2) is 6.28. The number of aromatic nitrogens is 1. The van der Waals surface area contributed by atoms with Crippen LogP contribution in [0.5, 0.6) is 0 Å². The number of aryl methyl sites for hydroxylation is 1. The molecule has 23 heavy (non-hydrogen) atoms. The summed E-state index contributed by atoms with van der Waals surface area (Å²) in [6, 6.07) is 7.93. The van der Waals surface area contributed by atoms with Gasteiger partial charge < -0.3 is 15.2 Å². The van der Waals surface area contributed by atoms with Crippen LogP contribution in [0.3, 0.4) is 0 Å². The molecule has 1 aliphatic rings. The van der Waals surface area contributed by atoms with Crippen LogP contribution in [0.15, 0.2) is 30.5 Å². The van der Waals surface area contributed by atoms with Crippen molar-refractivity contribution in [3.63, 3.8) is 0 Å². The first-order valence-electron chi connectivity index (χ1n) is 7.85. The van der Waals surface area contributed by atoms with Crippen LogP contribution in [-0.2, 0) is 13.0 Å². The van der Waals surface area contributed by atoms with E-state index in [9.17, 15) is 9.59 Å². The van der Waals surface area contributed by atoms with Crippen molar-refractivity contribution in [2.45, 2.75) is 26.3 Å². The highest BCUT2D eigenvalue weighted by atomic mass is 16.2. The van der Waals surface area contributed by atoms with Gasteiger partial charge >= 0.3 is 0 Å². The second-order valence-corrected chi connectivity index (χ2v) is 6.03. The third kappa shape index (κ3) is 3.28. The number of nitrogens with zero attached hydrogens (tertiary/aromatic N) is 1. The monoisotopic (exact) mass is 311 g/mol. The van der Waals surface area contributed by atoms with Crippen molar-refractivity contribution in [2.24, 2.45) is 0 Å². The Hall–Kier alpha value is -2.56. The predicted molar refractivity (Wildman–Crippen MR) is 90.0 cm³/mol. The number of hydrogen-bond acceptors (Lipinski definition) is 3. The fourth-order valence-electron chi connectivity index (χ4n) is 2.95. The zero-order chi connectivity index (χ0) is 16.4. The van der Waals surface area contributed by atoms with Crippen molar-refractivity contribution in [3.8, 4) is 0 Å². The van der Waals surface area contributed by atoms with E-state index in [1.807, 2.05) is 0 Å². The molecule has 0 bridgehead atoms. The molecule has 5 heteroatoms. The molecular formula is C18H21N3O2. The summed E-state index contributed by atoms with van der Waals surface area (Å²) in [5.74, 6) is -0.258. The van der Waals surface area contributed by atoms with Gasteiger partial charge in [0.2, 0.25) is 0 Å². The average Bonchev–Trinajstić information content (AvgIpc) is 3.03. The smallest absolute Gasteiger partial charge is 0.267 e. The van der Waals surface area contributed by atoms with Crippen LogP contribution in [0.4, 0.5) is 5.69 Å². The van der Waals surface area contributed by atoms with Crippen LogP contribution in [0.25, 0.3) is 0 Å². The van der Waals surface area contributed by atoms with Gasteiger partial charge in [-0.1, -0.05) is 12.1 Å². The molecule has 5 nitrogen and oxygen atoms in total. The quantitative estimate of drug-likeness (QED) is 0.853. The number of carbonyl (C=O) groups is 2. The lowest BCUT2D eigenvalue weighted by Gasteiger charge is -2.27. The van der Waals surface area contributed by atoms with E-state index in [1.165, 1.54) is 18.2 Å². The van der Waals surface area contributed by atoms with Crippen LogP contribution >= 0.6 is 0 Å². The molecule has 1 amide bonds. The van der Waals surface area contributed by atoms with E-state index in [1.54, 1.807) is 12.3 Å². The summed E-state index contributed by atoms with van der Waals surface area (Å²) in [5.41, 5.74) is 4.64. The molecule has 3 rings (SSSR count). The zero-order valence-corrected chi connectivity index (χ0v) is 13.5. The van der Waals surface area contributed by atoms with Crippen molar-refractivity contribution in [1.29, 1.82) is 0 Å². The van der Waals surface area contributed by atoms with E-state index >= 15 is 0 Å². The van der Waals surface area contributed by atoms with Gasteiger partial charge in [0.15, 0.2) is 5.78 Å². The molecule has 2 N–H and O–H groups in total. The molecule has 2 aromatic rings. The molecule has 0 spiro atoms. The summed E-state index contributed by atoms with van der Waals surface area (Å²) < 4.78 is 0. The van der Waals surface area contributed by atoms with Gasteiger partial charge in [-0.3, -0.25) is 9.59 Å². The fraction of sp³-hybridized carbons (Fsp3) is 0.333. The number of ketones is 1. The Morgan fingerprint density at radius 2 is 2.13 bits per heavy atom. The van der Waals surface area contributed by atoms with Crippen LogP contribution in [0, 0.1) is 0 Å². The molecule has 0 radical (unpaired) electrons. The maximum atomic E-state index is 12.1.